The largest absolute Gasteiger partial charge is 0.469 e. The van der Waals surface area contributed by atoms with Crippen LogP contribution < -0.4 is 10.6 Å². The summed E-state index contributed by atoms with van der Waals surface area (Å²) in [4.78, 5) is 12.2. The van der Waals surface area contributed by atoms with Crippen molar-refractivity contribution in [3.8, 4) is 0 Å². The van der Waals surface area contributed by atoms with Crippen LogP contribution >= 0.6 is 11.6 Å². The van der Waals surface area contributed by atoms with E-state index in [9.17, 15) is 4.79 Å². The third-order valence-corrected chi connectivity index (χ3v) is 4.42. The number of fused-ring (bicyclic) bond motifs is 1. The SMILES string of the molecule is C[C@@H](NC(=O)N[C@@H]1CCCc2occc21)c1ccccc1Cl. The number of nitrogens with one attached hydrogen (secondary N) is 2. The van der Waals surface area contributed by atoms with Crippen LogP contribution in [0.25, 0.3) is 0 Å². The minimum Gasteiger partial charge on any atom is -0.469 e. The standard InChI is InChI=1S/C17H19ClN2O2/c1-11(12-5-2-3-6-14(12)18)19-17(21)20-15-7-4-8-16-13(15)9-10-22-16/h2-3,5-6,9-11,15H,4,7-8H2,1H3,(H2,19,20,21)/t11-,15-/m1/s1. The Labute approximate surface area is 134 Å². The highest BCUT2D eigenvalue weighted by atomic mass is 35.5. The predicted octanol–water partition coefficient (Wildman–Crippen LogP) is 4.37. The van der Waals surface area contributed by atoms with Gasteiger partial charge in [0.05, 0.1) is 18.3 Å². The fourth-order valence-corrected chi connectivity index (χ4v) is 3.24. The molecule has 0 saturated heterocycles. The monoisotopic (exact) mass is 318 g/mol. The van der Waals surface area contributed by atoms with Crippen LogP contribution in [0.5, 0.6) is 0 Å². The van der Waals surface area contributed by atoms with Crippen molar-refractivity contribution < 1.29 is 9.21 Å². The minimum absolute atomic E-state index is 0.0148. The summed E-state index contributed by atoms with van der Waals surface area (Å²) in [5.74, 6) is 0.982. The number of halogens is 1. The number of benzene rings is 1. The van der Waals surface area contributed by atoms with Crippen molar-refractivity contribution in [2.75, 3.05) is 0 Å². The molecule has 1 aliphatic carbocycles. The van der Waals surface area contributed by atoms with Crippen LogP contribution in [-0.2, 0) is 6.42 Å². The first-order chi connectivity index (χ1) is 10.6. The van der Waals surface area contributed by atoms with Gasteiger partial charge in [0.1, 0.15) is 5.76 Å². The second kappa shape index (κ2) is 6.44. The van der Waals surface area contributed by atoms with Crippen molar-refractivity contribution >= 4 is 17.6 Å². The van der Waals surface area contributed by atoms with Gasteiger partial charge in [-0.2, -0.15) is 0 Å². The third-order valence-electron chi connectivity index (χ3n) is 4.08. The Kier molecular flexibility index (Phi) is 4.39. The molecule has 2 amide bonds. The normalized spacial score (nSPS) is 18.4. The van der Waals surface area contributed by atoms with Gasteiger partial charge in [-0.25, -0.2) is 4.79 Å². The van der Waals surface area contributed by atoms with Crippen LogP contribution in [0.4, 0.5) is 4.79 Å². The number of aryl methyl sites for hydroxylation is 1. The Morgan fingerprint density at radius 1 is 1.36 bits per heavy atom. The molecule has 5 heteroatoms. The molecule has 0 spiro atoms. The smallest absolute Gasteiger partial charge is 0.315 e. The van der Waals surface area contributed by atoms with Crippen molar-refractivity contribution in [1.82, 2.24) is 10.6 Å². The molecule has 0 saturated carbocycles. The number of carbonyl (C=O) groups is 1. The van der Waals surface area contributed by atoms with Gasteiger partial charge in [0.25, 0.3) is 0 Å². The van der Waals surface area contributed by atoms with E-state index in [0.29, 0.717) is 5.02 Å². The zero-order valence-electron chi connectivity index (χ0n) is 12.4. The van der Waals surface area contributed by atoms with Crippen LogP contribution in [0.1, 0.15) is 48.7 Å². The molecule has 0 fully saturated rings. The van der Waals surface area contributed by atoms with Crippen molar-refractivity contribution in [3.63, 3.8) is 0 Å². The van der Waals surface area contributed by atoms with Crippen LogP contribution in [0.3, 0.4) is 0 Å². The van der Waals surface area contributed by atoms with Gasteiger partial charge in [0, 0.05) is 17.0 Å². The molecule has 0 radical (unpaired) electrons. The third kappa shape index (κ3) is 3.12. The fourth-order valence-electron chi connectivity index (χ4n) is 2.94. The van der Waals surface area contributed by atoms with Gasteiger partial charge in [-0.3, -0.25) is 0 Å². The van der Waals surface area contributed by atoms with Crippen LogP contribution in [0, 0.1) is 0 Å². The van der Waals surface area contributed by atoms with Gasteiger partial charge < -0.3 is 15.1 Å². The second-order valence-corrected chi connectivity index (χ2v) is 6.01. The molecule has 1 aliphatic rings. The van der Waals surface area contributed by atoms with E-state index >= 15 is 0 Å². The minimum atomic E-state index is -0.188. The number of hydrogen-bond acceptors (Lipinski definition) is 2. The molecule has 0 aliphatic heterocycles. The zero-order chi connectivity index (χ0) is 15.5. The van der Waals surface area contributed by atoms with E-state index < -0.39 is 0 Å². The number of furan rings is 1. The van der Waals surface area contributed by atoms with Crippen LogP contribution in [0.15, 0.2) is 41.0 Å². The van der Waals surface area contributed by atoms with E-state index in [0.717, 1.165) is 36.1 Å². The molecule has 3 rings (SSSR count). The summed E-state index contributed by atoms with van der Waals surface area (Å²) in [5, 5.41) is 6.63. The Balaban J connectivity index is 1.63. The summed E-state index contributed by atoms with van der Waals surface area (Å²) < 4.78 is 5.44. The summed E-state index contributed by atoms with van der Waals surface area (Å²) in [6.07, 6.45) is 4.58. The highest BCUT2D eigenvalue weighted by Gasteiger charge is 2.24. The maximum atomic E-state index is 12.2. The van der Waals surface area contributed by atoms with E-state index in [4.69, 9.17) is 16.0 Å². The molecule has 1 heterocycles. The van der Waals surface area contributed by atoms with E-state index in [1.54, 1.807) is 6.26 Å². The highest BCUT2D eigenvalue weighted by molar-refractivity contribution is 6.31. The van der Waals surface area contributed by atoms with E-state index in [1.807, 2.05) is 37.3 Å². The van der Waals surface area contributed by atoms with Crippen molar-refractivity contribution in [3.05, 3.63) is 58.5 Å². The summed E-state index contributed by atoms with van der Waals surface area (Å²) in [6, 6.07) is 9.15. The van der Waals surface area contributed by atoms with E-state index in [-0.39, 0.29) is 18.1 Å². The van der Waals surface area contributed by atoms with Gasteiger partial charge in [-0.1, -0.05) is 29.8 Å². The predicted molar refractivity (Wildman–Crippen MR) is 85.9 cm³/mol. The maximum Gasteiger partial charge on any atom is 0.315 e. The number of rotatable bonds is 3. The maximum absolute atomic E-state index is 12.2. The summed E-state index contributed by atoms with van der Waals surface area (Å²) >= 11 is 6.16. The van der Waals surface area contributed by atoms with Crippen LogP contribution in [-0.4, -0.2) is 6.03 Å². The molecule has 2 aromatic rings. The van der Waals surface area contributed by atoms with Gasteiger partial charge in [0.15, 0.2) is 0 Å². The molecule has 4 nitrogen and oxygen atoms in total. The molecular formula is C17H19ClN2O2. The number of urea groups is 1. The van der Waals surface area contributed by atoms with Gasteiger partial charge in [-0.05, 0) is 37.5 Å². The lowest BCUT2D eigenvalue weighted by molar-refractivity contribution is 0.232. The highest BCUT2D eigenvalue weighted by Crippen LogP contribution is 2.30. The molecule has 0 unspecified atom stereocenters. The molecule has 2 N–H and O–H groups in total. The van der Waals surface area contributed by atoms with Gasteiger partial charge in [0.2, 0.25) is 0 Å². The lowest BCUT2D eigenvalue weighted by Gasteiger charge is -2.24. The number of amides is 2. The summed E-state index contributed by atoms with van der Waals surface area (Å²) in [7, 11) is 0. The average Bonchev–Trinajstić information content (AvgIpc) is 2.97. The molecule has 0 bridgehead atoms. The average molecular weight is 319 g/mol. The Morgan fingerprint density at radius 2 is 2.18 bits per heavy atom. The summed E-state index contributed by atoms with van der Waals surface area (Å²) in [6.45, 7) is 1.92. The first-order valence-corrected chi connectivity index (χ1v) is 7.90. The van der Waals surface area contributed by atoms with Crippen molar-refractivity contribution in [1.29, 1.82) is 0 Å². The number of carbonyl (C=O) groups excluding carboxylic acids is 1. The van der Waals surface area contributed by atoms with E-state index in [2.05, 4.69) is 10.6 Å². The van der Waals surface area contributed by atoms with E-state index in [1.165, 1.54) is 0 Å². The molecule has 1 aromatic carbocycles. The molecular weight excluding hydrogens is 300 g/mol. The first-order valence-electron chi connectivity index (χ1n) is 7.53. The first kappa shape index (κ1) is 15.0. The quantitative estimate of drug-likeness (QED) is 0.882. The van der Waals surface area contributed by atoms with Crippen molar-refractivity contribution in [2.24, 2.45) is 0 Å². The molecule has 2 atom stereocenters. The van der Waals surface area contributed by atoms with Crippen molar-refractivity contribution in [2.45, 2.75) is 38.3 Å². The van der Waals surface area contributed by atoms with Crippen LogP contribution in [0.2, 0.25) is 5.02 Å². The number of hydrogen-bond donors (Lipinski definition) is 2. The van der Waals surface area contributed by atoms with Gasteiger partial charge >= 0.3 is 6.03 Å². The topological polar surface area (TPSA) is 54.3 Å². The fraction of sp³-hybridized carbons (Fsp3) is 0.353. The Morgan fingerprint density at radius 3 is 3.00 bits per heavy atom. The molecule has 1 aromatic heterocycles. The zero-order valence-corrected chi connectivity index (χ0v) is 13.2. The molecule has 22 heavy (non-hydrogen) atoms. The Bertz CT molecular complexity index is 668. The van der Waals surface area contributed by atoms with Gasteiger partial charge in [-0.15, -0.1) is 0 Å². The lowest BCUT2D eigenvalue weighted by atomic mass is 9.93. The summed E-state index contributed by atoms with van der Waals surface area (Å²) in [5.41, 5.74) is 2.00. The lowest BCUT2D eigenvalue weighted by Crippen LogP contribution is -2.40. The molecule has 116 valence electrons. The Hall–Kier alpha value is -1.94. The second-order valence-electron chi connectivity index (χ2n) is 5.60.